The molecule has 4 heterocycles. The maximum absolute atomic E-state index is 13.3. The fourth-order valence-electron chi connectivity index (χ4n) is 6.39. The number of methoxy groups -OCH3 is 1. The highest BCUT2D eigenvalue weighted by Crippen LogP contribution is 2.46. The molecule has 5 aromatic rings. The molecule has 0 saturated carbocycles. The molecule has 3 aromatic carbocycles. The van der Waals surface area contributed by atoms with Crippen molar-refractivity contribution in [3.8, 4) is 0 Å². The summed E-state index contributed by atoms with van der Waals surface area (Å²) < 4.78 is 13.0. The number of aldehydes is 2. The van der Waals surface area contributed by atoms with Crippen molar-refractivity contribution in [2.75, 3.05) is 13.7 Å². The molecule has 0 bridgehead atoms. The summed E-state index contributed by atoms with van der Waals surface area (Å²) in [5.74, 6) is -1.26. The van der Waals surface area contributed by atoms with Crippen LogP contribution in [0.3, 0.4) is 0 Å². The zero-order chi connectivity index (χ0) is 28.7. The lowest BCUT2D eigenvalue weighted by Gasteiger charge is -2.42. The van der Waals surface area contributed by atoms with Gasteiger partial charge in [0, 0.05) is 45.3 Å². The molecule has 2 aromatic heterocycles. The molecule has 1 fully saturated rings. The number of ether oxygens (including phenoxy) is 2. The average Bonchev–Trinajstić information content (AvgIpc) is 3.62. The molecule has 0 aliphatic carbocycles. The van der Waals surface area contributed by atoms with Crippen LogP contribution in [-0.2, 0) is 9.47 Å². The fourth-order valence-corrected chi connectivity index (χ4v) is 6.39. The minimum Gasteiger partial charge on any atom is -0.394 e. The van der Waals surface area contributed by atoms with E-state index in [4.69, 9.17) is 9.47 Å². The van der Waals surface area contributed by atoms with Crippen LogP contribution in [0.1, 0.15) is 47.7 Å². The number of nitrogens with one attached hydrogen (secondary N) is 2. The van der Waals surface area contributed by atoms with Crippen LogP contribution in [0.5, 0.6) is 0 Å². The van der Waals surface area contributed by atoms with Gasteiger partial charge in [-0.25, -0.2) is 0 Å². The minimum absolute atomic E-state index is 0.0704. The second-order valence-corrected chi connectivity index (χ2v) is 10.2. The van der Waals surface area contributed by atoms with Gasteiger partial charge in [-0.2, -0.15) is 0 Å². The largest absolute Gasteiger partial charge is 0.394 e. The Morgan fingerprint density at radius 1 is 0.951 bits per heavy atom. The lowest BCUT2D eigenvalue weighted by molar-refractivity contribution is -0.255. The molecule has 2 aliphatic heterocycles. The lowest BCUT2D eigenvalue weighted by Crippen LogP contribution is -2.57. The first-order valence-electron chi connectivity index (χ1n) is 12.8. The molecular formula is C29H23N3O9. The number of amides is 2. The molecule has 2 amide bonds. The Bertz CT molecular complexity index is 1970. The van der Waals surface area contributed by atoms with E-state index in [-0.39, 0.29) is 11.1 Å². The molecule has 7 rings (SSSR count). The Hall–Kier alpha value is -4.46. The molecule has 41 heavy (non-hydrogen) atoms. The van der Waals surface area contributed by atoms with Gasteiger partial charge in [0.25, 0.3) is 11.8 Å². The number of rotatable bonds is 5. The molecule has 2 aliphatic rings. The summed E-state index contributed by atoms with van der Waals surface area (Å²) in [5.41, 5.74) is 2.62. The average molecular weight is 558 g/mol. The van der Waals surface area contributed by atoms with Crippen LogP contribution < -0.4 is 5.32 Å². The number of nitrogens with zero attached hydrogens (tertiary/aromatic N) is 1. The van der Waals surface area contributed by atoms with Gasteiger partial charge in [0.1, 0.15) is 37.0 Å². The van der Waals surface area contributed by atoms with Crippen LogP contribution in [0.2, 0.25) is 0 Å². The Kier molecular flexibility index (Phi) is 5.61. The smallest absolute Gasteiger partial charge is 0.259 e. The van der Waals surface area contributed by atoms with Crippen LogP contribution in [0.25, 0.3) is 43.6 Å². The summed E-state index contributed by atoms with van der Waals surface area (Å²) in [4.78, 5) is 53.3. The predicted molar refractivity (Wildman–Crippen MR) is 145 cm³/mol. The number of H-pyrrole nitrogens is 1. The molecule has 0 unspecified atom stereocenters. The van der Waals surface area contributed by atoms with Crippen LogP contribution >= 0.6 is 0 Å². The second kappa shape index (κ2) is 9.03. The van der Waals surface area contributed by atoms with Crippen molar-refractivity contribution >= 4 is 68.0 Å². The number of carbonyl (C=O) groups is 4. The summed E-state index contributed by atoms with van der Waals surface area (Å²) in [6.45, 7) is -0.520. The zero-order valence-electron chi connectivity index (χ0n) is 21.5. The van der Waals surface area contributed by atoms with E-state index in [1.807, 2.05) is 0 Å². The topological polar surface area (TPSA) is 180 Å². The number of benzene rings is 3. The number of hydrogen-bond acceptors (Lipinski definition) is 9. The minimum atomic E-state index is -1.54. The van der Waals surface area contributed by atoms with Gasteiger partial charge in [0.2, 0.25) is 0 Å². The highest BCUT2D eigenvalue weighted by atomic mass is 16.6. The lowest BCUT2D eigenvalue weighted by atomic mass is 9.95. The second-order valence-electron chi connectivity index (χ2n) is 10.2. The molecule has 1 saturated heterocycles. The number of hydrogen-bond donors (Lipinski definition) is 5. The van der Waals surface area contributed by atoms with Crippen molar-refractivity contribution in [2.24, 2.45) is 0 Å². The third-order valence-corrected chi connectivity index (χ3v) is 8.16. The van der Waals surface area contributed by atoms with Gasteiger partial charge in [0.15, 0.2) is 6.23 Å². The first-order chi connectivity index (χ1) is 19.8. The molecule has 5 N–H and O–H groups in total. The van der Waals surface area contributed by atoms with Crippen molar-refractivity contribution in [3.63, 3.8) is 0 Å². The van der Waals surface area contributed by atoms with Crippen molar-refractivity contribution < 1.29 is 44.0 Å². The third-order valence-electron chi connectivity index (χ3n) is 8.16. The van der Waals surface area contributed by atoms with Crippen molar-refractivity contribution in [1.29, 1.82) is 0 Å². The zero-order valence-corrected chi connectivity index (χ0v) is 21.5. The highest BCUT2D eigenvalue weighted by molar-refractivity contribution is 6.39. The summed E-state index contributed by atoms with van der Waals surface area (Å²) >= 11 is 0. The Morgan fingerprint density at radius 3 is 2.27 bits per heavy atom. The fraction of sp³-hybridized carbons (Fsp3) is 0.241. The Morgan fingerprint density at radius 2 is 1.61 bits per heavy atom. The van der Waals surface area contributed by atoms with E-state index in [1.165, 1.54) is 7.11 Å². The summed E-state index contributed by atoms with van der Waals surface area (Å²) in [5, 5.41) is 36.4. The number of carbonyl (C=O) groups excluding carboxylic acids is 4. The number of aliphatic hydroxyl groups excluding tert-OH is 3. The molecule has 0 radical (unpaired) electrons. The van der Waals surface area contributed by atoms with Gasteiger partial charge < -0.3 is 34.3 Å². The van der Waals surface area contributed by atoms with Crippen molar-refractivity contribution in [2.45, 2.75) is 30.6 Å². The normalized spacial score (nSPS) is 24.4. The van der Waals surface area contributed by atoms with Gasteiger partial charge in [-0.1, -0.05) is 0 Å². The summed E-state index contributed by atoms with van der Waals surface area (Å²) in [7, 11) is 1.33. The van der Waals surface area contributed by atoms with Gasteiger partial charge in [-0.05, 0) is 36.4 Å². The van der Waals surface area contributed by atoms with Crippen molar-refractivity contribution in [3.05, 3.63) is 58.7 Å². The number of aromatic nitrogens is 2. The SMILES string of the molecule is CO[C@H]1[C@H](O)[C@@H](O)[C@H](n2c3ccc(C=O)cc3c3c4c(c5c6cc(C=O)ccc6[nH]c5c32)C(=O)NC4=O)O[C@@H]1CO. The maximum Gasteiger partial charge on any atom is 0.259 e. The molecule has 12 heteroatoms. The molecular weight excluding hydrogens is 534 g/mol. The van der Waals surface area contributed by atoms with Crippen LogP contribution in [0, 0.1) is 0 Å². The highest BCUT2D eigenvalue weighted by Gasteiger charge is 2.47. The van der Waals surface area contributed by atoms with Crippen LogP contribution in [0.4, 0.5) is 0 Å². The quantitative estimate of drug-likeness (QED) is 0.158. The monoisotopic (exact) mass is 557 g/mol. The van der Waals surface area contributed by atoms with Crippen LogP contribution in [-0.4, -0.2) is 87.4 Å². The molecule has 12 nitrogen and oxygen atoms in total. The number of aliphatic hydroxyl groups is 3. The Labute approximate surface area is 230 Å². The van der Waals surface area contributed by atoms with E-state index >= 15 is 0 Å². The van der Waals surface area contributed by atoms with E-state index in [1.54, 1.807) is 41.0 Å². The molecule has 0 spiro atoms. The number of imide groups is 1. The predicted octanol–water partition coefficient (Wildman–Crippen LogP) is 1.56. The van der Waals surface area contributed by atoms with Crippen molar-refractivity contribution in [1.82, 2.24) is 14.9 Å². The van der Waals surface area contributed by atoms with Gasteiger partial charge in [0.05, 0.1) is 34.3 Å². The summed E-state index contributed by atoms with van der Waals surface area (Å²) in [6.07, 6.45) is -5.00. The summed E-state index contributed by atoms with van der Waals surface area (Å²) in [6, 6.07) is 9.66. The molecule has 208 valence electrons. The first-order valence-corrected chi connectivity index (χ1v) is 12.8. The van der Waals surface area contributed by atoms with E-state index < -0.39 is 49.1 Å². The van der Waals surface area contributed by atoms with E-state index in [0.29, 0.717) is 67.3 Å². The Balaban J connectivity index is 1.70. The van der Waals surface area contributed by atoms with E-state index in [9.17, 15) is 34.5 Å². The number of aromatic amines is 1. The first kappa shape index (κ1) is 25.5. The molecule has 5 atom stereocenters. The van der Waals surface area contributed by atoms with E-state index in [2.05, 4.69) is 10.3 Å². The third kappa shape index (κ3) is 3.33. The van der Waals surface area contributed by atoms with Gasteiger partial charge in [-0.3, -0.25) is 24.5 Å². The van der Waals surface area contributed by atoms with E-state index in [0.717, 1.165) is 0 Å². The standard InChI is InChI=1S/C29H23N3O9/c1-40-26-17(10-35)41-29(25(37)24(26)36)32-16-5-3-12(9-34)7-14(16)19-21-20(27(38)31-28(21)39)18-13-6-11(8-33)2-4-15(13)30-22(18)23(19)32/h2-9,17,24-26,29-30,35-37H,10H2,1H3,(H,31,38,39)/t17-,24-,25-,26-,29-/m1/s1. The number of fused-ring (bicyclic) bond motifs is 10. The van der Waals surface area contributed by atoms with Gasteiger partial charge in [-0.15, -0.1) is 0 Å². The van der Waals surface area contributed by atoms with Gasteiger partial charge >= 0.3 is 0 Å². The van der Waals surface area contributed by atoms with Crippen LogP contribution in [0.15, 0.2) is 36.4 Å². The maximum atomic E-state index is 13.3.